The van der Waals surface area contributed by atoms with Crippen molar-refractivity contribution in [2.24, 2.45) is 0 Å². The fraction of sp³-hybridized carbons (Fsp3) is 0.0952. The molecule has 6 heteroatoms. The molecule has 0 aliphatic carbocycles. The van der Waals surface area contributed by atoms with Crippen LogP contribution >= 0.6 is 0 Å². The molecule has 0 unspecified atom stereocenters. The van der Waals surface area contributed by atoms with Gasteiger partial charge in [0.2, 0.25) is 0 Å². The SMILES string of the molecule is Cc1cc(C=C(C#N)c2ccccc2F)c(C)n1-c1cccc([N+](=O)[O-])c1. The van der Waals surface area contributed by atoms with Crippen molar-refractivity contribution in [1.82, 2.24) is 4.57 Å². The summed E-state index contributed by atoms with van der Waals surface area (Å²) in [4.78, 5) is 10.6. The lowest BCUT2D eigenvalue weighted by molar-refractivity contribution is -0.384. The smallest absolute Gasteiger partial charge is 0.271 e. The predicted octanol–water partition coefficient (Wildman–Crippen LogP) is 5.21. The van der Waals surface area contributed by atoms with Gasteiger partial charge in [-0.15, -0.1) is 0 Å². The van der Waals surface area contributed by atoms with Crippen LogP contribution in [0.15, 0.2) is 54.6 Å². The van der Waals surface area contributed by atoms with Crippen molar-refractivity contribution >= 4 is 17.3 Å². The van der Waals surface area contributed by atoms with Gasteiger partial charge >= 0.3 is 0 Å². The van der Waals surface area contributed by atoms with Crippen LogP contribution in [0.25, 0.3) is 17.3 Å². The number of hydrogen-bond acceptors (Lipinski definition) is 3. The maximum absolute atomic E-state index is 14.0. The zero-order valence-electron chi connectivity index (χ0n) is 14.8. The van der Waals surface area contributed by atoms with Crippen molar-refractivity contribution in [2.75, 3.05) is 0 Å². The van der Waals surface area contributed by atoms with Gasteiger partial charge in [0.25, 0.3) is 5.69 Å². The Balaban J connectivity index is 2.11. The van der Waals surface area contributed by atoms with Crippen LogP contribution in [0, 0.1) is 41.1 Å². The van der Waals surface area contributed by atoms with E-state index in [1.807, 2.05) is 30.6 Å². The number of hydrogen-bond donors (Lipinski definition) is 0. The largest absolute Gasteiger partial charge is 0.318 e. The number of nitro groups is 1. The van der Waals surface area contributed by atoms with E-state index in [4.69, 9.17) is 0 Å². The van der Waals surface area contributed by atoms with E-state index in [0.29, 0.717) is 5.69 Å². The number of rotatable bonds is 4. The average Bonchev–Trinajstić information content (AvgIpc) is 2.93. The first-order valence-corrected chi connectivity index (χ1v) is 8.23. The zero-order chi connectivity index (χ0) is 19.6. The lowest BCUT2D eigenvalue weighted by Crippen LogP contribution is -2.00. The van der Waals surface area contributed by atoms with Gasteiger partial charge in [-0.05, 0) is 43.7 Å². The molecule has 0 fully saturated rings. The van der Waals surface area contributed by atoms with Crippen molar-refractivity contribution in [3.63, 3.8) is 0 Å². The molecule has 5 nitrogen and oxygen atoms in total. The minimum Gasteiger partial charge on any atom is -0.318 e. The zero-order valence-corrected chi connectivity index (χ0v) is 14.8. The first-order chi connectivity index (χ1) is 12.9. The lowest BCUT2D eigenvalue weighted by Gasteiger charge is -2.09. The van der Waals surface area contributed by atoms with Crippen molar-refractivity contribution in [2.45, 2.75) is 13.8 Å². The molecule has 1 heterocycles. The Bertz CT molecular complexity index is 1110. The predicted molar refractivity (Wildman–Crippen MR) is 102 cm³/mol. The topological polar surface area (TPSA) is 71.9 Å². The number of nitriles is 1. The molecular formula is C21H16FN3O2. The minimum atomic E-state index is -0.460. The molecule has 0 bridgehead atoms. The molecule has 134 valence electrons. The summed E-state index contributed by atoms with van der Waals surface area (Å²) >= 11 is 0. The number of aryl methyl sites for hydroxylation is 1. The van der Waals surface area contributed by atoms with Gasteiger partial charge < -0.3 is 4.57 Å². The van der Waals surface area contributed by atoms with Gasteiger partial charge in [0.1, 0.15) is 5.82 Å². The number of nitrogens with zero attached hydrogens (tertiary/aromatic N) is 3. The number of allylic oxidation sites excluding steroid dienone is 1. The molecule has 2 aromatic carbocycles. The average molecular weight is 361 g/mol. The summed E-state index contributed by atoms with van der Waals surface area (Å²) in [7, 11) is 0. The molecule has 0 amide bonds. The van der Waals surface area contributed by atoms with Crippen molar-refractivity contribution < 1.29 is 9.31 Å². The summed E-state index contributed by atoms with van der Waals surface area (Å²) in [6.07, 6.45) is 1.63. The Morgan fingerprint density at radius 2 is 1.93 bits per heavy atom. The van der Waals surface area contributed by atoms with E-state index >= 15 is 0 Å². The molecule has 0 radical (unpaired) electrons. The highest BCUT2D eigenvalue weighted by molar-refractivity contribution is 5.90. The summed E-state index contributed by atoms with van der Waals surface area (Å²) in [6, 6.07) is 16.4. The first kappa shape index (κ1) is 18.1. The molecule has 27 heavy (non-hydrogen) atoms. The van der Waals surface area contributed by atoms with E-state index in [-0.39, 0.29) is 16.8 Å². The Hall–Kier alpha value is -3.72. The highest BCUT2D eigenvalue weighted by Crippen LogP contribution is 2.27. The second kappa shape index (κ2) is 7.26. The third-order valence-electron chi connectivity index (χ3n) is 4.35. The number of aromatic nitrogens is 1. The van der Waals surface area contributed by atoms with Crippen molar-refractivity contribution in [1.29, 1.82) is 5.26 Å². The summed E-state index contributed by atoms with van der Waals surface area (Å²) in [5.74, 6) is -0.460. The summed E-state index contributed by atoms with van der Waals surface area (Å²) in [5.41, 5.74) is 3.51. The van der Waals surface area contributed by atoms with Gasteiger partial charge in [-0.2, -0.15) is 5.26 Å². The Kier molecular flexibility index (Phi) is 4.86. The normalized spacial score (nSPS) is 11.3. The Labute approximate surface area is 155 Å². The van der Waals surface area contributed by atoms with Crippen LogP contribution < -0.4 is 0 Å². The maximum atomic E-state index is 14.0. The van der Waals surface area contributed by atoms with Crippen LogP contribution in [0.2, 0.25) is 0 Å². The van der Waals surface area contributed by atoms with Crippen molar-refractivity contribution in [3.05, 3.63) is 93.0 Å². The van der Waals surface area contributed by atoms with E-state index in [1.165, 1.54) is 18.2 Å². The molecule has 0 aliphatic rings. The van der Waals surface area contributed by atoms with E-state index < -0.39 is 10.7 Å². The summed E-state index contributed by atoms with van der Waals surface area (Å²) in [5, 5.41) is 20.5. The number of non-ortho nitro benzene ring substituents is 1. The third-order valence-corrected chi connectivity index (χ3v) is 4.35. The van der Waals surface area contributed by atoms with E-state index in [1.54, 1.807) is 36.4 Å². The highest BCUT2D eigenvalue weighted by atomic mass is 19.1. The molecule has 3 aromatic rings. The molecular weight excluding hydrogens is 345 g/mol. The van der Waals surface area contributed by atoms with E-state index in [9.17, 15) is 19.8 Å². The van der Waals surface area contributed by atoms with Gasteiger partial charge in [0, 0.05) is 29.1 Å². The maximum Gasteiger partial charge on any atom is 0.271 e. The van der Waals surface area contributed by atoms with Crippen LogP contribution in [-0.4, -0.2) is 9.49 Å². The number of benzene rings is 2. The third kappa shape index (κ3) is 3.48. The van der Waals surface area contributed by atoms with Gasteiger partial charge in [0.15, 0.2) is 0 Å². The summed E-state index contributed by atoms with van der Waals surface area (Å²) in [6.45, 7) is 3.73. The van der Waals surface area contributed by atoms with Crippen LogP contribution in [0.4, 0.5) is 10.1 Å². The molecule has 0 spiro atoms. The highest BCUT2D eigenvalue weighted by Gasteiger charge is 2.14. The molecule has 0 saturated heterocycles. The van der Waals surface area contributed by atoms with Gasteiger partial charge in [-0.25, -0.2) is 4.39 Å². The number of nitro benzene ring substituents is 1. The van der Waals surface area contributed by atoms with Crippen LogP contribution in [0.1, 0.15) is 22.5 Å². The Morgan fingerprint density at radius 1 is 1.19 bits per heavy atom. The molecule has 0 aliphatic heterocycles. The first-order valence-electron chi connectivity index (χ1n) is 8.23. The Morgan fingerprint density at radius 3 is 2.59 bits per heavy atom. The molecule has 0 N–H and O–H groups in total. The van der Waals surface area contributed by atoms with E-state index in [0.717, 1.165) is 17.0 Å². The second-order valence-electron chi connectivity index (χ2n) is 6.09. The van der Waals surface area contributed by atoms with E-state index in [2.05, 4.69) is 0 Å². The van der Waals surface area contributed by atoms with Gasteiger partial charge in [0.05, 0.1) is 22.3 Å². The van der Waals surface area contributed by atoms with Crippen molar-refractivity contribution in [3.8, 4) is 11.8 Å². The van der Waals surface area contributed by atoms with Gasteiger partial charge in [-0.3, -0.25) is 10.1 Å². The van der Waals surface area contributed by atoms with Crippen LogP contribution in [-0.2, 0) is 0 Å². The van der Waals surface area contributed by atoms with Gasteiger partial charge in [-0.1, -0.05) is 24.3 Å². The molecule has 0 saturated carbocycles. The monoisotopic (exact) mass is 361 g/mol. The summed E-state index contributed by atoms with van der Waals surface area (Å²) < 4.78 is 15.9. The standard InChI is InChI=1S/C21H16FN3O2/c1-14-10-16(11-17(13-23)20-8-3-4-9-21(20)22)15(2)24(14)18-6-5-7-19(12-18)25(26)27/h3-12H,1-2H3. The quantitative estimate of drug-likeness (QED) is 0.364. The second-order valence-corrected chi connectivity index (χ2v) is 6.09. The lowest BCUT2D eigenvalue weighted by atomic mass is 10.0. The van der Waals surface area contributed by atoms with Crippen LogP contribution in [0.3, 0.4) is 0 Å². The minimum absolute atomic E-state index is 0.00108. The number of halogens is 1. The molecule has 3 rings (SSSR count). The fourth-order valence-corrected chi connectivity index (χ4v) is 3.08. The van der Waals surface area contributed by atoms with Crippen LogP contribution in [0.5, 0.6) is 0 Å². The molecule has 0 atom stereocenters. The fourth-order valence-electron chi connectivity index (χ4n) is 3.08. The molecule has 1 aromatic heterocycles.